The predicted octanol–water partition coefficient (Wildman–Crippen LogP) is 3.30. The van der Waals surface area contributed by atoms with Gasteiger partial charge in [0.25, 0.3) is 0 Å². The molecule has 0 aliphatic rings. The van der Waals surface area contributed by atoms with E-state index in [0.717, 1.165) is 23.4 Å². The van der Waals surface area contributed by atoms with Crippen molar-refractivity contribution in [1.82, 2.24) is 19.9 Å². The van der Waals surface area contributed by atoms with Gasteiger partial charge >= 0.3 is 0 Å². The van der Waals surface area contributed by atoms with Crippen LogP contribution in [0.5, 0.6) is 0 Å². The topological polar surface area (TPSA) is 89.9 Å². The first-order chi connectivity index (χ1) is 12.5. The highest BCUT2D eigenvalue weighted by molar-refractivity contribution is 7.98. The van der Waals surface area contributed by atoms with Crippen LogP contribution in [-0.2, 0) is 17.0 Å². The predicted molar refractivity (Wildman–Crippen MR) is 105 cm³/mol. The summed E-state index contributed by atoms with van der Waals surface area (Å²) in [6.45, 7) is 5.43. The van der Waals surface area contributed by atoms with Crippen LogP contribution in [0.2, 0.25) is 0 Å². The minimum atomic E-state index is -0.0585. The average molecular weight is 389 g/mol. The maximum absolute atomic E-state index is 12.3. The first-order valence-corrected chi connectivity index (χ1v) is 10.0. The molecule has 3 aromatic rings. The first-order valence-electron chi connectivity index (χ1n) is 8.14. The summed E-state index contributed by atoms with van der Waals surface area (Å²) in [5.41, 5.74) is 2.87. The van der Waals surface area contributed by atoms with Crippen LogP contribution in [0.25, 0.3) is 0 Å². The summed E-state index contributed by atoms with van der Waals surface area (Å²) in [5.74, 6) is 7.07. The second kappa shape index (κ2) is 7.88. The van der Waals surface area contributed by atoms with Gasteiger partial charge in [0.05, 0.1) is 11.4 Å². The molecule has 0 bridgehead atoms. The molecule has 26 heavy (non-hydrogen) atoms. The van der Waals surface area contributed by atoms with Gasteiger partial charge in [-0.25, -0.2) is 9.66 Å². The van der Waals surface area contributed by atoms with E-state index >= 15 is 0 Å². The minimum absolute atomic E-state index is 0.0585. The standard InChI is InChI=1S/C17H20N6OS2/c1-4-13-7-5-6-8-15(13)22(12(3)24)16-19-14(9-25-16)10-26-17-21-20-11(2)23(17)18/h5-9H,4,10,18H2,1-3H3. The molecule has 0 atom stereocenters. The second-order valence-corrected chi connectivity index (χ2v) is 7.43. The lowest BCUT2D eigenvalue weighted by atomic mass is 10.1. The Bertz CT molecular complexity index is 920. The van der Waals surface area contributed by atoms with E-state index in [-0.39, 0.29) is 5.91 Å². The van der Waals surface area contributed by atoms with Gasteiger partial charge in [-0.05, 0) is 25.0 Å². The smallest absolute Gasteiger partial charge is 0.230 e. The zero-order chi connectivity index (χ0) is 18.7. The number of carbonyl (C=O) groups is 1. The molecule has 0 saturated carbocycles. The van der Waals surface area contributed by atoms with Crippen LogP contribution in [0.4, 0.5) is 10.8 Å². The highest BCUT2D eigenvalue weighted by Gasteiger charge is 2.20. The monoisotopic (exact) mass is 388 g/mol. The van der Waals surface area contributed by atoms with E-state index < -0.39 is 0 Å². The Morgan fingerprint density at radius 3 is 2.77 bits per heavy atom. The van der Waals surface area contributed by atoms with E-state index in [1.165, 1.54) is 27.8 Å². The van der Waals surface area contributed by atoms with Crippen molar-refractivity contribution in [2.75, 3.05) is 10.7 Å². The SMILES string of the molecule is CCc1ccccc1N(C(C)=O)c1nc(CSc2nnc(C)n2N)cs1. The van der Waals surface area contributed by atoms with E-state index in [1.54, 1.807) is 18.7 Å². The summed E-state index contributed by atoms with van der Waals surface area (Å²) < 4.78 is 1.46. The van der Waals surface area contributed by atoms with Gasteiger partial charge in [-0.15, -0.1) is 21.5 Å². The Labute approximate surface area is 160 Å². The Morgan fingerprint density at radius 2 is 2.12 bits per heavy atom. The Balaban J connectivity index is 1.82. The number of nitrogen functional groups attached to an aromatic ring is 1. The molecule has 136 valence electrons. The molecule has 2 N–H and O–H groups in total. The summed E-state index contributed by atoms with van der Waals surface area (Å²) in [4.78, 5) is 18.6. The quantitative estimate of drug-likeness (QED) is 0.515. The normalized spacial score (nSPS) is 10.9. The number of thiazole rings is 1. The molecule has 0 fully saturated rings. The Morgan fingerprint density at radius 1 is 1.35 bits per heavy atom. The van der Waals surface area contributed by atoms with E-state index in [1.807, 2.05) is 29.6 Å². The van der Waals surface area contributed by atoms with E-state index in [0.29, 0.717) is 21.9 Å². The molecule has 0 aliphatic carbocycles. The number of amides is 1. The molecule has 1 amide bonds. The summed E-state index contributed by atoms with van der Waals surface area (Å²) in [7, 11) is 0. The average Bonchev–Trinajstić information content (AvgIpc) is 3.21. The Hall–Kier alpha value is -2.39. The van der Waals surface area contributed by atoms with Crippen molar-refractivity contribution in [1.29, 1.82) is 0 Å². The van der Waals surface area contributed by atoms with Crippen LogP contribution >= 0.6 is 23.1 Å². The molecule has 0 radical (unpaired) electrons. The van der Waals surface area contributed by atoms with Gasteiger partial charge in [0.2, 0.25) is 11.1 Å². The van der Waals surface area contributed by atoms with Gasteiger partial charge in [-0.2, -0.15) is 0 Å². The van der Waals surface area contributed by atoms with Crippen LogP contribution < -0.4 is 10.7 Å². The van der Waals surface area contributed by atoms with Crippen molar-refractivity contribution in [2.24, 2.45) is 0 Å². The van der Waals surface area contributed by atoms with Gasteiger partial charge < -0.3 is 5.84 Å². The van der Waals surface area contributed by atoms with E-state index in [2.05, 4.69) is 22.1 Å². The first kappa shape index (κ1) is 18.4. The Kier molecular flexibility index (Phi) is 5.58. The zero-order valence-electron chi connectivity index (χ0n) is 14.8. The van der Waals surface area contributed by atoms with Gasteiger partial charge in [-0.3, -0.25) is 9.69 Å². The van der Waals surface area contributed by atoms with Crippen molar-refractivity contribution >= 4 is 39.8 Å². The van der Waals surface area contributed by atoms with Crippen LogP contribution in [0.15, 0.2) is 34.8 Å². The molecular formula is C17H20N6OS2. The highest BCUT2D eigenvalue weighted by atomic mass is 32.2. The number of rotatable bonds is 6. The molecule has 2 heterocycles. The molecule has 0 unspecified atom stereocenters. The lowest BCUT2D eigenvalue weighted by molar-refractivity contribution is -0.115. The lowest BCUT2D eigenvalue weighted by Gasteiger charge is -2.20. The third kappa shape index (κ3) is 3.73. The molecule has 3 rings (SSSR count). The third-order valence-electron chi connectivity index (χ3n) is 3.84. The van der Waals surface area contributed by atoms with E-state index in [9.17, 15) is 4.79 Å². The van der Waals surface area contributed by atoms with Crippen LogP contribution in [0.1, 0.15) is 30.9 Å². The zero-order valence-corrected chi connectivity index (χ0v) is 16.5. The van der Waals surface area contributed by atoms with Gasteiger partial charge in [0.1, 0.15) is 5.82 Å². The summed E-state index contributed by atoms with van der Waals surface area (Å²) in [5, 5.41) is 11.2. The second-order valence-electron chi connectivity index (χ2n) is 5.65. The molecule has 1 aromatic carbocycles. The number of thioether (sulfide) groups is 1. The number of para-hydroxylation sites is 1. The molecule has 0 saturated heterocycles. The number of aromatic nitrogens is 4. The van der Waals surface area contributed by atoms with Crippen LogP contribution in [0.3, 0.4) is 0 Å². The van der Waals surface area contributed by atoms with Crippen molar-refractivity contribution in [2.45, 2.75) is 38.1 Å². The van der Waals surface area contributed by atoms with Crippen LogP contribution in [0, 0.1) is 6.92 Å². The number of benzene rings is 1. The van der Waals surface area contributed by atoms with Crippen molar-refractivity contribution in [3.63, 3.8) is 0 Å². The van der Waals surface area contributed by atoms with Gasteiger partial charge in [-0.1, -0.05) is 36.9 Å². The van der Waals surface area contributed by atoms with E-state index in [4.69, 9.17) is 5.84 Å². The fraction of sp³-hybridized carbons (Fsp3) is 0.294. The third-order valence-corrected chi connectivity index (χ3v) is 5.69. The molecule has 9 heteroatoms. The molecule has 0 spiro atoms. The molecule has 0 aliphatic heterocycles. The maximum atomic E-state index is 12.3. The summed E-state index contributed by atoms with van der Waals surface area (Å²) in [6, 6.07) is 7.91. The van der Waals surface area contributed by atoms with Crippen molar-refractivity contribution in [3.8, 4) is 0 Å². The number of nitrogens with two attached hydrogens (primary N) is 1. The lowest BCUT2D eigenvalue weighted by Crippen LogP contribution is -2.23. The number of carbonyl (C=O) groups excluding carboxylic acids is 1. The molecule has 2 aromatic heterocycles. The fourth-order valence-electron chi connectivity index (χ4n) is 2.49. The molecule has 7 nitrogen and oxygen atoms in total. The number of hydrogen-bond acceptors (Lipinski definition) is 7. The number of aryl methyl sites for hydroxylation is 2. The summed E-state index contributed by atoms with van der Waals surface area (Å²) in [6.07, 6.45) is 0.847. The number of nitrogens with zero attached hydrogens (tertiary/aromatic N) is 5. The van der Waals surface area contributed by atoms with Gasteiger partial charge in [0, 0.05) is 18.1 Å². The largest absolute Gasteiger partial charge is 0.336 e. The maximum Gasteiger partial charge on any atom is 0.230 e. The number of anilines is 2. The molecular weight excluding hydrogens is 368 g/mol. The fourth-order valence-corrected chi connectivity index (χ4v) is 4.27. The van der Waals surface area contributed by atoms with Crippen molar-refractivity contribution < 1.29 is 4.79 Å². The minimum Gasteiger partial charge on any atom is -0.336 e. The van der Waals surface area contributed by atoms with Crippen molar-refractivity contribution in [3.05, 3.63) is 46.7 Å². The van der Waals surface area contributed by atoms with Crippen LogP contribution in [-0.4, -0.2) is 25.8 Å². The van der Waals surface area contributed by atoms with Gasteiger partial charge in [0.15, 0.2) is 5.13 Å². The number of hydrogen-bond donors (Lipinski definition) is 1. The summed E-state index contributed by atoms with van der Waals surface area (Å²) >= 11 is 2.91. The highest BCUT2D eigenvalue weighted by Crippen LogP contribution is 2.33.